The van der Waals surface area contributed by atoms with Crippen LogP contribution in [0.4, 0.5) is 0 Å². The van der Waals surface area contributed by atoms with Crippen LogP contribution in [-0.4, -0.2) is 156 Å². The monoisotopic (exact) mass is 488 g/mol. The van der Waals surface area contributed by atoms with E-state index in [9.17, 15) is 51.1 Å². The van der Waals surface area contributed by atoms with Crippen molar-refractivity contribution in [2.24, 2.45) is 0 Å². The highest BCUT2D eigenvalue weighted by Crippen LogP contribution is 2.32. The first kappa shape index (κ1) is 27.0. The molecule has 0 aromatic heterocycles. The summed E-state index contributed by atoms with van der Waals surface area (Å²) in [5, 5.41) is 99.8. The molecule has 0 amide bonds. The molecular formula is C18H32O15. The quantitative estimate of drug-likeness (QED) is 0.167. The predicted molar refractivity (Wildman–Crippen MR) is 99.8 cm³/mol. The van der Waals surface area contributed by atoms with Crippen molar-refractivity contribution in [3.63, 3.8) is 0 Å². The van der Waals surface area contributed by atoms with Crippen LogP contribution in [0.15, 0.2) is 0 Å². The highest BCUT2D eigenvalue weighted by Gasteiger charge is 2.53. The lowest BCUT2D eigenvalue weighted by atomic mass is 9.96. The van der Waals surface area contributed by atoms with Crippen LogP contribution in [0.1, 0.15) is 6.92 Å². The molecule has 3 aliphatic heterocycles. The molecule has 33 heavy (non-hydrogen) atoms. The predicted octanol–water partition coefficient (Wildman–Crippen LogP) is -6.55. The molecule has 0 unspecified atom stereocenters. The van der Waals surface area contributed by atoms with Crippen LogP contribution in [0.25, 0.3) is 0 Å². The second kappa shape index (κ2) is 11.0. The number of rotatable bonds is 6. The van der Waals surface area contributed by atoms with Gasteiger partial charge in [-0.15, -0.1) is 0 Å². The molecule has 0 bridgehead atoms. The molecule has 3 heterocycles. The molecule has 15 nitrogen and oxygen atoms in total. The Labute approximate surface area is 187 Å². The van der Waals surface area contributed by atoms with Crippen molar-refractivity contribution in [2.75, 3.05) is 13.2 Å². The topological polar surface area (TPSA) is 248 Å². The molecule has 0 aromatic carbocycles. The Balaban J connectivity index is 1.83. The Bertz CT molecular complexity index is 624. The standard InChI is InChI=1S/C18H32O15/c1-4-7(21)9(23)13(27)17(29-4)33-15-10(24)8(22)5(2-19)31-18(15)32-14-6(3-20)30-16(28)12(26)11(14)25/h4-28H,2-3H2,1H3/t4-,5+,6+,7-,8+,9+,10-,11+,12+,13+,14-,15+,16+,17-,18-/m0/s1. The Morgan fingerprint density at radius 1 is 0.545 bits per heavy atom. The lowest BCUT2D eigenvalue weighted by molar-refractivity contribution is -0.385. The van der Waals surface area contributed by atoms with Gasteiger partial charge in [-0.25, -0.2) is 0 Å². The number of ether oxygens (including phenoxy) is 5. The van der Waals surface area contributed by atoms with Crippen molar-refractivity contribution in [3.8, 4) is 0 Å². The average Bonchev–Trinajstić information content (AvgIpc) is 2.80. The maximum absolute atomic E-state index is 10.6. The van der Waals surface area contributed by atoms with E-state index < -0.39 is 105 Å². The molecule has 3 aliphatic rings. The highest BCUT2D eigenvalue weighted by atomic mass is 16.8. The Hall–Kier alpha value is -0.600. The molecule has 3 saturated heterocycles. The zero-order valence-corrected chi connectivity index (χ0v) is 17.6. The third-order valence-electron chi connectivity index (χ3n) is 6.05. The summed E-state index contributed by atoms with van der Waals surface area (Å²) >= 11 is 0. The average molecular weight is 488 g/mol. The van der Waals surface area contributed by atoms with Gasteiger partial charge < -0.3 is 74.7 Å². The molecule has 3 fully saturated rings. The van der Waals surface area contributed by atoms with Gasteiger partial charge in [-0.1, -0.05) is 0 Å². The molecule has 0 spiro atoms. The van der Waals surface area contributed by atoms with Gasteiger partial charge in [-0.3, -0.25) is 0 Å². The van der Waals surface area contributed by atoms with E-state index in [0.29, 0.717) is 0 Å². The van der Waals surface area contributed by atoms with Gasteiger partial charge in [0, 0.05) is 0 Å². The van der Waals surface area contributed by atoms with Crippen LogP contribution >= 0.6 is 0 Å². The Morgan fingerprint density at radius 2 is 1.12 bits per heavy atom. The van der Waals surface area contributed by atoms with Crippen LogP contribution < -0.4 is 0 Å². The zero-order valence-electron chi connectivity index (χ0n) is 17.6. The lowest BCUT2D eigenvalue weighted by Gasteiger charge is -2.48. The van der Waals surface area contributed by atoms with Crippen LogP contribution in [-0.2, 0) is 23.7 Å². The molecule has 15 atom stereocenters. The largest absolute Gasteiger partial charge is 0.394 e. The number of aliphatic hydroxyl groups excluding tert-OH is 10. The number of hydrogen-bond acceptors (Lipinski definition) is 15. The van der Waals surface area contributed by atoms with Gasteiger partial charge in [0.2, 0.25) is 0 Å². The summed E-state index contributed by atoms with van der Waals surface area (Å²) in [6.45, 7) is -0.128. The minimum atomic E-state index is -1.83. The molecule has 0 radical (unpaired) electrons. The third kappa shape index (κ3) is 5.32. The van der Waals surface area contributed by atoms with Gasteiger partial charge in [0.1, 0.15) is 67.1 Å². The number of aliphatic hydroxyl groups is 10. The fourth-order valence-corrected chi connectivity index (χ4v) is 3.98. The molecule has 10 N–H and O–H groups in total. The van der Waals surface area contributed by atoms with Crippen molar-refractivity contribution < 1.29 is 74.7 Å². The highest BCUT2D eigenvalue weighted by molar-refractivity contribution is 4.95. The first-order chi connectivity index (χ1) is 15.5. The van der Waals surface area contributed by atoms with E-state index in [2.05, 4.69) is 0 Å². The summed E-state index contributed by atoms with van der Waals surface area (Å²) in [7, 11) is 0. The molecule has 194 valence electrons. The van der Waals surface area contributed by atoms with Crippen LogP contribution in [0.2, 0.25) is 0 Å². The summed E-state index contributed by atoms with van der Waals surface area (Å²) in [5.74, 6) is 0. The smallest absolute Gasteiger partial charge is 0.187 e. The molecule has 3 rings (SSSR count). The summed E-state index contributed by atoms with van der Waals surface area (Å²) < 4.78 is 26.9. The first-order valence-corrected chi connectivity index (χ1v) is 10.4. The van der Waals surface area contributed by atoms with Crippen molar-refractivity contribution in [3.05, 3.63) is 0 Å². The van der Waals surface area contributed by atoms with Crippen molar-refractivity contribution >= 4 is 0 Å². The summed E-state index contributed by atoms with van der Waals surface area (Å²) in [6.07, 6.45) is -24.1. The molecule has 0 aliphatic carbocycles. The SMILES string of the molecule is C[C@@H]1O[C@@H](O[C@H]2[C@H](O[C@@H]3[C@H](O)[C@@H](O)[C@H](O)O[C@@H]3CO)O[C@H](CO)[C@@H](O)[C@@H]2O)[C@H](O)[C@H](O)[C@H]1O. The normalized spacial score (nSPS) is 53.7. The molecule has 0 aromatic rings. The summed E-state index contributed by atoms with van der Waals surface area (Å²) in [6, 6.07) is 0. The van der Waals surface area contributed by atoms with Crippen molar-refractivity contribution in [1.82, 2.24) is 0 Å². The van der Waals surface area contributed by atoms with E-state index in [1.165, 1.54) is 6.92 Å². The lowest BCUT2D eigenvalue weighted by Crippen LogP contribution is -2.66. The van der Waals surface area contributed by atoms with E-state index in [-0.39, 0.29) is 0 Å². The Morgan fingerprint density at radius 3 is 1.73 bits per heavy atom. The molecule has 0 saturated carbocycles. The fraction of sp³-hybridized carbons (Fsp3) is 1.00. The molecule has 15 heteroatoms. The van der Waals surface area contributed by atoms with E-state index in [4.69, 9.17) is 23.7 Å². The first-order valence-electron chi connectivity index (χ1n) is 10.4. The van der Waals surface area contributed by atoms with Crippen molar-refractivity contribution in [1.29, 1.82) is 0 Å². The van der Waals surface area contributed by atoms with Crippen LogP contribution in [0, 0.1) is 0 Å². The third-order valence-corrected chi connectivity index (χ3v) is 6.05. The van der Waals surface area contributed by atoms with Gasteiger partial charge in [-0.2, -0.15) is 0 Å². The fourth-order valence-electron chi connectivity index (χ4n) is 3.98. The second-order valence-corrected chi connectivity index (χ2v) is 8.32. The van der Waals surface area contributed by atoms with E-state index in [0.717, 1.165) is 0 Å². The minimum absolute atomic E-state index is 0.760. The van der Waals surface area contributed by atoms with E-state index in [1.807, 2.05) is 0 Å². The number of hydrogen-bond donors (Lipinski definition) is 10. The minimum Gasteiger partial charge on any atom is -0.394 e. The van der Waals surface area contributed by atoms with Gasteiger partial charge in [0.25, 0.3) is 0 Å². The van der Waals surface area contributed by atoms with Crippen LogP contribution in [0.5, 0.6) is 0 Å². The Kier molecular flexibility index (Phi) is 8.99. The zero-order chi connectivity index (χ0) is 24.6. The molecular weight excluding hydrogens is 456 g/mol. The summed E-state index contributed by atoms with van der Waals surface area (Å²) in [5.41, 5.74) is 0. The van der Waals surface area contributed by atoms with Crippen LogP contribution in [0.3, 0.4) is 0 Å². The maximum atomic E-state index is 10.6. The summed E-state index contributed by atoms with van der Waals surface area (Å²) in [4.78, 5) is 0. The maximum Gasteiger partial charge on any atom is 0.187 e. The van der Waals surface area contributed by atoms with Gasteiger partial charge in [0.15, 0.2) is 18.9 Å². The van der Waals surface area contributed by atoms with Gasteiger partial charge in [0.05, 0.1) is 19.3 Å². The second-order valence-electron chi connectivity index (χ2n) is 8.32. The van der Waals surface area contributed by atoms with Gasteiger partial charge >= 0.3 is 0 Å². The van der Waals surface area contributed by atoms with E-state index >= 15 is 0 Å². The van der Waals surface area contributed by atoms with Gasteiger partial charge in [-0.05, 0) is 6.92 Å². The van der Waals surface area contributed by atoms with E-state index in [1.54, 1.807) is 0 Å². The van der Waals surface area contributed by atoms with Crippen molar-refractivity contribution in [2.45, 2.75) is 99.0 Å².